The highest BCUT2D eigenvalue weighted by Crippen LogP contribution is 2.30. The van der Waals surface area contributed by atoms with Crippen molar-refractivity contribution in [2.24, 2.45) is 5.92 Å². The number of pyridine rings is 1. The summed E-state index contributed by atoms with van der Waals surface area (Å²) in [5, 5.41) is 3.81. The first-order valence-corrected chi connectivity index (χ1v) is 8.18. The normalized spacial score (nSPS) is 13.4. The van der Waals surface area contributed by atoms with Crippen molar-refractivity contribution in [2.45, 2.75) is 12.8 Å². The minimum Gasteiger partial charge on any atom is -0.422 e. The van der Waals surface area contributed by atoms with E-state index in [-0.39, 0.29) is 17.5 Å². The summed E-state index contributed by atoms with van der Waals surface area (Å²) >= 11 is 0. The second kappa shape index (κ2) is 6.36. The lowest BCUT2D eigenvalue weighted by Crippen LogP contribution is -2.13. The third kappa shape index (κ3) is 3.50. The maximum Gasteiger partial charge on any atom is 0.362 e. The Bertz CT molecular complexity index is 947. The van der Waals surface area contributed by atoms with Crippen LogP contribution in [-0.4, -0.2) is 16.9 Å². The van der Waals surface area contributed by atoms with Crippen molar-refractivity contribution in [3.63, 3.8) is 0 Å². The number of nitrogens with zero attached hydrogens (tertiary/aromatic N) is 1. The Balaban J connectivity index is 1.45. The van der Waals surface area contributed by atoms with E-state index in [9.17, 15) is 9.59 Å². The van der Waals surface area contributed by atoms with Gasteiger partial charge in [-0.15, -0.1) is 0 Å². The molecule has 1 aromatic heterocycles. The smallest absolute Gasteiger partial charge is 0.362 e. The average molecular weight is 332 g/mol. The van der Waals surface area contributed by atoms with E-state index in [0.29, 0.717) is 11.4 Å². The minimum atomic E-state index is -0.513. The second-order valence-corrected chi connectivity index (χ2v) is 6.07. The van der Waals surface area contributed by atoms with Crippen LogP contribution in [0.2, 0.25) is 0 Å². The van der Waals surface area contributed by atoms with Crippen LogP contribution in [0.3, 0.4) is 0 Å². The highest BCUT2D eigenvalue weighted by molar-refractivity contribution is 5.94. The summed E-state index contributed by atoms with van der Waals surface area (Å²) in [7, 11) is 0. The largest absolute Gasteiger partial charge is 0.422 e. The number of benzene rings is 2. The molecule has 1 amide bonds. The highest BCUT2D eigenvalue weighted by atomic mass is 16.5. The van der Waals surface area contributed by atoms with Crippen LogP contribution in [0.15, 0.2) is 60.7 Å². The maximum atomic E-state index is 12.3. The van der Waals surface area contributed by atoms with Gasteiger partial charge in [-0.05, 0) is 49.2 Å². The number of hydrogen-bond acceptors (Lipinski definition) is 4. The molecule has 0 saturated heterocycles. The van der Waals surface area contributed by atoms with E-state index in [1.807, 2.05) is 30.3 Å². The molecule has 0 unspecified atom stereocenters. The number of aromatic nitrogens is 1. The van der Waals surface area contributed by atoms with Crippen molar-refractivity contribution in [1.29, 1.82) is 0 Å². The molecular formula is C20H16N2O3. The molecule has 1 fully saturated rings. The van der Waals surface area contributed by atoms with Crippen molar-refractivity contribution in [1.82, 2.24) is 4.98 Å². The molecule has 1 saturated carbocycles. The molecule has 4 rings (SSSR count). The molecule has 0 aliphatic heterocycles. The third-order valence-electron chi connectivity index (χ3n) is 4.09. The number of para-hydroxylation sites is 1. The number of amides is 1. The lowest BCUT2D eigenvalue weighted by Gasteiger charge is -2.07. The van der Waals surface area contributed by atoms with Crippen molar-refractivity contribution in [3.8, 4) is 5.75 Å². The van der Waals surface area contributed by atoms with Gasteiger partial charge in [-0.3, -0.25) is 4.79 Å². The van der Waals surface area contributed by atoms with Gasteiger partial charge in [0.05, 0.1) is 5.52 Å². The lowest BCUT2D eigenvalue weighted by atomic mass is 10.2. The van der Waals surface area contributed by atoms with E-state index in [0.717, 1.165) is 23.7 Å². The molecule has 124 valence electrons. The molecule has 25 heavy (non-hydrogen) atoms. The number of fused-ring (bicyclic) bond motifs is 1. The fourth-order valence-corrected chi connectivity index (χ4v) is 2.54. The zero-order valence-corrected chi connectivity index (χ0v) is 13.4. The molecule has 1 heterocycles. The molecule has 0 bridgehead atoms. The second-order valence-electron chi connectivity index (χ2n) is 6.07. The molecule has 1 aliphatic rings. The summed E-state index contributed by atoms with van der Waals surface area (Å²) in [5.74, 6) is 0.0893. The molecule has 5 heteroatoms. The number of carbonyl (C=O) groups is 2. The van der Waals surface area contributed by atoms with E-state index in [2.05, 4.69) is 10.3 Å². The summed E-state index contributed by atoms with van der Waals surface area (Å²) in [5.41, 5.74) is 1.69. The molecule has 5 nitrogen and oxygen atoms in total. The third-order valence-corrected chi connectivity index (χ3v) is 4.09. The van der Waals surface area contributed by atoms with Gasteiger partial charge in [0.25, 0.3) is 0 Å². The number of anilines is 1. The van der Waals surface area contributed by atoms with Gasteiger partial charge in [0.1, 0.15) is 11.4 Å². The summed E-state index contributed by atoms with van der Waals surface area (Å²) < 4.78 is 5.35. The number of esters is 1. The van der Waals surface area contributed by atoms with Crippen LogP contribution >= 0.6 is 0 Å². The van der Waals surface area contributed by atoms with Gasteiger partial charge in [-0.25, -0.2) is 9.78 Å². The first-order chi connectivity index (χ1) is 12.2. The Morgan fingerprint density at radius 2 is 1.72 bits per heavy atom. The SMILES string of the molecule is O=C(Oc1ccc(NC(=O)C2CC2)cc1)c1ccc2ccccc2n1. The predicted octanol–water partition coefficient (Wildman–Crippen LogP) is 3.80. The molecule has 1 aliphatic carbocycles. The van der Waals surface area contributed by atoms with Crippen molar-refractivity contribution in [2.75, 3.05) is 5.32 Å². The lowest BCUT2D eigenvalue weighted by molar-refractivity contribution is -0.117. The Kier molecular flexibility index (Phi) is 3.90. The van der Waals surface area contributed by atoms with E-state index in [1.54, 1.807) is 30.3 Å². The van der Waals surface area contributed by atoms with E-state index < -0.39 is 5.97 Å². The summed E-state index contributed by atoms with van der Waals surface area (Å²) in [6.07, 6.45) is 1.92. The fourth-order valence-electron chi connectivity index (χ4n) is 2.54. The van der Waals surface area contributed by atoms with Gasteiger partial charge >= 0.3 is 5.97 Å². The van der Waals surface area contributed by atoms with Gasteiger partial charge in [0.2, 0.25) is 5.91 Å². The van der Waals surface area contributed by atoms with Crippen LogP contribution in [0, 0.1) is 5.92 Å². The maximum absolute atomic E-state index is 12.3. The van der Waals surface area contributed by atoms with Gasteiger partial charge in [0.15, 0.2) is 0 Å². The first kappa shape index (κ1) is 15.3. The average Bonchev–Trinajstić information content (AvgIpc) is 3.48. The van der Waals surface area contributed by atoms with E-state index >= 15 is 0 Å². The van der Waals surface area contributed by atoms with Crippen LogP contribution in [0.4, 0.5) is 5.69 Å². The number of ether oxygens (including phenoxy) is 1. The fraction of sp³-hybridized carbons (Fsp3) is 0.150. The highest BCUT2D eigenvalue weighted by Gasteiger charge is 2.29. The number of carbonyl (C=O) groups excluding carboxylic acids is 2. The van der Waals surface area contributed by atoms with Gasteiger partial charge in [0, 0.05) is 17.0 Å². The Labute approximate surface area is 144 Å². The van der Waals surface area contributed by atoms with Crippen molar-refractivity contribution >= 4 is 28.5 Å². The summed E-state index contributed by atoms with van der Waals surface area (Å²) in [4.78, 5) is 28.3. The number of hydrogen-bond donors (Lipinski definition) is 1. The molecular weight excluding hydrogens is 316 g/mol. The molecule has 1 N–H and O–H groups in total. The Morgan fingerprint density at radius 1 is 0.960 bits per heavy atom. The number of nitrogens with one attached hydrogen (secondary N) is 1. The molecule has 0 atom stereocenters. The van der Waals surface area contributed by atoms with Crippen molar-refractivity contribution < 1.29 is 14.3 Å². The summed E-state index contributed by atoms with van der Waals surface area (Å²) in [6.45, 7) is 0. The standard InChI is InChI=1S/C20H16N2O3/c23-19(14-5-6-14)21-15-8-10-16(11-9-15)25-20(24)18-12-7-13-3-1-2-4-17(13)22-18/h1-4,7-12,14H,5-6H2,(H,21,23). The predicted molar refractivity (Wildman–Crippen MR) is 94.5 cm³/mol. The molecule has 0 spiro atoms. The van der Waals surface area contributed by atoms with E-state index in [4.69, 9.17) is 4.74 Å². The van der Waals surface area contributed by atoms with Crippen LogP contribution in [0.25, 0.3) is 10.9 Å². The number of rotatable bonds is 4. The zero-order valence-electron chi connectivity index (χ0n) is 13.4. The topological polar surface area (TPSA) is 68.3 Å². The zero-order chi connectivity index (χ0) is 17.2. The Morgan fingerprint density at radius 3 is 2.48 bits per heavy atom. The van der Waals surface area contributed by atoms with E-state index in [1.165, 1.54) is 0 Å². The van der Waals surface area contributed by atoms with Crippen LogP contribution in [0.5, 0.6) is 5.75 Å². The molecule has 2 aromatic carbocycles. The monoisotopic (exact) mass is 332 g/mol. The molecule has 3 aromatic rings. The first-order valence-electron chi connectivity index (χ1n) is 8.18. The van der Waals surface area contributed by atoms with Crippen molar-refractivity contribution in [3.05, 3.63) is 66.4 Å². The van der Waals surface area contributed by atoms with Gasteiger partial charge in [-0.2, -0.15) is 0 Å². The van der Waals surface area contributed by atoms with Crippen LogP contribution in [0.1, 0.15) is 23.3 Å². The van der Waals surface area contributed by atoms with Crippen LogP contribution in [-0.2, 0) is 4.79 Å². The quantitative estimate of drug-likeness (QED) is 0.583. The summed E-state index contributed by atoms with van der Waals surface area (Å²) in [6, 6.07) is 17.8. The van der Waals surface area contributed by atoms with Gasteiger partial charge < -0.3 is 10.1 Å². The Hall–Kier alpha value is -3.21. The minimum absolute atomic E-state index is 0.0464. The van der Waals surface area contributed by atoms with Crippen LogP contribution < -0.4 is 10.1 Å². The van der Waals surface area contributed by atoms with Gasteiger partial charge in [-0.1, -0.05) is 24.3 Å². The molecule has 0 radical (unpaired) electrons.